The fourth-order valence-corrected chi connectivity index (χ4v) is 5.89. The maximum absolute atomic E-state index is 12.8. The molecule has 7 heteroatoms. The number of rotatable bonds is 4. The van der Waals surface area contributed by atoms with Crippen LogP contribution in [0.4, 0.5) is 0 Å². The summed E-state index contributed by atoms with van der Waals surface area (Å²) in [4.78, 5) is 29.8. The van der Waals surface area contributed by atoms with Crippen molar-refractivity contribution in [3.05, 3.63) is 69.4 Å². The SMILES string of the molecule is C=Cc1c(/C(Cl)=C\C)c(=O)nc2n1-c1ccc(C3CCN(C)CC3)cc1C2(C)C.O=CC1CCNCC1. The molecular formula is C30H39ClN4O2. The fraction of sp³-hybridized carbons (Fsp3) is 0.500. The van der Waals surface area contributed by atoms with Crippen LogP contribution in [0.25, 0.3) is 16.8 Å². The maximum atomic E-state index is 12.8. The van der Waals surface area contributed by atoms with Crippen LogP contribution in [-0.4, -0.2) is 54.0 Å². The lowest BCUT2D eigenvalue weighted by atomic mass is 9.81. The minimum absolute atomic E-state index is 0.300. The number of aldehydes is 1. The van der Waals surface area contributed by atoms with Crippen molar-refractivity contribution in [2.45, 2.75) is 57.8 Å². The number of hydrogen-bond acceptors (Lipinski definition) is 5. The molecule has 0 amide bonds. The van der Waals surface area contributed by atoms with Gasteiger partial charge in [-0.15, -0.1) is 0 Å². The van der Waals surface area contributed by atoms with Crippen LogP contribution < -0.4 is 10.9 Å². The number of halogens is 1. The molecule has 1 N–H and O–H groups in total. The third-order valence-corrected chi connectivity index (χ3v) is 8.48. The van der Waals surface area contributed by atoms with Crippen LogP contribution in [0.3, 0.4) is 0 Å². The number of hydrogen-bond donors (Lipinski definition) is 1. The van der Waals surface area contributed by atoms with E-state index in [1.165, 1.54) is 24.0 Å². The Morgan fingerprint density at radius 2 is 1.86 bits per heavy atom. The quantitative estimate of drug-likeness (QED) is 0.565. The summed E-state index contributed by atoms with van der Waals surface area (Å²) < 4.78 is 2.06. The van der Waals surface area contributed by atoms with Gasteiger partial charge in [0.25, 0.3) is 5.56 Å². The Labute approximate surface area is 225 Å². The van der Waals surface area contributed by atoms with Gasteiger partial charge in [0.15, 0.2) is 0 Å². The van der Waals surface area contributed by atoms with Crippen LogP contribution in [-0.2, 0) is 10.2 Å². The van der Waals surface area contributed by atoms with E-state index in [4.69, 9.17) is 11.6 Å². The first-order chi connectivity index (χ1) is 17.7. The second-order valence-electron chi connectivity index (χ2n) is 10.9. The summed E-state index contributed by atoms with van der Waals surface area (Å²) in [6, 6.07) is 6.74. The number of benzene rings is 1. The Bertz CT molecular complexity index is 1250. The highest BCUT2D eigenvalue weighted by atomic mass is 35.5. The van der Waals surface area contributed by atoms with Gasteiger partial charge < -0.3 is 15.0 Å². The van der Waals surface area contributed by atoms with Crippen molar-refractivity contribution >= 4 is 29.0 Å². The summed E-state index contributed by atoms with van der Waals surface area (Å²) in [5.41, 5.74) is 4.11. The first-order valence-corrected chi connectivity index (χ1v) is 13.7. The van der Waals surface area contributed by atoms with Crippen molar-refractivity contribution in [2.75, 3.05) is 33.2 Å². The van der Waals surface area contributed by atoms with E-state index < -0.39 is 0 Å². The van der Waals surface area contributed by atoms with Gasteiger partial charge in [-0.3, -0.25) is 9.36 Å². The molecule has 3 aliphatic heterocycles. The molecule has 5 rings (SSSR count). The Morgan fingerprint density at radius 1 is 1.19 bits per heavy atom. The van der Waals surface area contributed by atoms with E-state index in [0.717, 1.165) is 56.8 Å². The molecule has 4 heterocycles. The minimum Gasteiger partial charge on any atom is -0.317 e. The standard InChI is InChI=1S/C24H28ClN3O.C6H11NO/c1-6-18(25)21-19(7-2)28-20-9-8-16(15-10-12-27(5)13-11-15)14-17(20)24(3,4)23(28)26-22(21)29;8-5-6-1-3-7-4-2-6/h6-9,14-15H,2,10-13H2,1,3-5H3;5-7H,1-4H2/b18-6+;. The second kappa shape index (κ2) is 11.5. The Morgan fingerprint density at radius 3 is 2.43 bits per heavy atom. The van der Waals surface area contributed by atoms with E-state index in [9.17, 15) is 9.59 Å². The van der Waals surface area contributed by atoms with Crippen LogP contribution in [0.15, 0.2) is 35.6 Å². The highest BCUT2D eigenvalue weighted by Crippen LogP contribution is 2.44. The number of nitrogens with zero attached hydrogens (tertiary/aromatic N) is 3. The molecule has 1 aromatic carbocycles. The van der Waals surface area contributed by atoms with Crippen molar-refractivity contribution < 1.29 is 4.79 Å². The predicted molar refractivity (Wildman–Crippen MR) is 153 cm³/mol. The normalized spacial score (nSPS) is 20.0. The highest BCUT2D eigenvalue weighted by Gasteiger charge is 2.40. The zero-order valence-corrected chi connectivity index (χ0v) is 23.3. The molecule has 0 radical (unpaired) electrons. The topological polar surface area (TPSA) is 67.2 Å². The zero-order chi connectivity index (χ0) is 26.7. The van der Waals surface area contributed by atoms with Gasteiger partial charge in [-0.2, -0.15) is 4.98 Å². The molecule has 0 spiro atoms. The van der Waals surface area contributed by atoms with Gasteiger partial charge in [-0.25, -0.2) is 0 Å². The van der Waals surface area contributed by atoms with Gasteiger partial charge in [0, 0.05) is 5.92 Å². The molecule has 0 unspecified atom stereocenters. The zero-order valence-electron chi connectivity index (χ0n) is 22.5. The monoisotopic (exact) mass is 522 g/mol. The maximum Gasteiger partial charge on any atom is 0.282 e. The van der Waals surface area contributed by atoms with Crippen molar-refractivity contribution in [3.63, 3.8) is 0 Å². The highest BCUT2D eigenvalue weighted by molar-refractivity contribution is 6.48. The molecule has 0 bridgehead atoms. The van der Waals surface area contributed by atoms with Crippen molar-refractivity contribution in [2.24, 2.45) is 5.92 Å². The van der Waals surface area contributed by atoms with Crippen LogP contribution in [0.5, 0.6) is 0 Å². The average Bonchev–Trinajstić information content (AvgIpc) is 3.14. The lowest BCUT2D eigenvalue weighted by Crippen LogP contribution is -2.29. The molecule has 2 aromatic rings. The lowest BCUT2D eigenvalue weighted by molar-refractivity contribution is -0.111. The summed E-state index contributed by atoms with van der Waals surface area (Å²) in [5.74, 6) is 1.67. The lowest BCUT2D eigenvalue weighted by Gasteiger charge is -2.30. The Hall–Kier alpha value is -2.54. The van der Waals surface area contributed by atoms with E-state index >= 15 is 0 Å². The number of piperidine rings is 2. The summed E-state index contributed by atoms with van der Waals surface area (Å²) in [5, 5.41) is 3.59. The predicted octanol–water partition coefficient (Wildman–Crippen LogP) is 5.11. The first-order valence-electron chi connectivity index (χ1n) is 13.3. The molecule has 2 fully saturated rings. The Kier molecular flexibility index (Phi) is 8.52. The first kappa shape index (κ1) is 27.5. The van der Waals surface area contributed by atoms with Crippen LogP contribution in [0, 0.1) is 5.92 Å². The number of fused-ring (bicyclic) bond motifs is 3. The van der Waals surface area contributed by atoms with Crippen molar-refractivity contribution in [3.8, 4) is 5.69 Å². The number of aromatic nitrogens is 2. The van der Waals surface area contributed by atoms with E-state index in [-0.39, 0.29) is 11.0 Å². The number of likely N-dealkylation sites (tertiary alicyclic amines) is 1. The molecule has 0 aliphatic carbocycles. The largest absolute Gasteiger partial charge is 0.317 e. The third-order valence-electron chi connectivity index (χ3n) is 8.08. The number of allylic oxidation sites excluding steroid dienone is 1. The summed E-state index contributed by atoms with van der Waals surface area (Å²) in [6.07, 6.45) is 8.93. The van der Waals surface area contributed by atoms with Crippen LogP contribution in [0.1, 0.15) is 80.6 Å². The molecule has 0 atom stereocenters. The van der Waals surface area contributed by atoms with Gasteiger partial charge >= 0.3 is 0 Å². The van der Waals surface area contributed by atoms with Gasteiger partial charge in [0.2, 0.25) is 0 Å². The molecule has 3 aliphatic rings. The molecule has 6 nitrogen and oxygen atoms in total. The molecule has 2 saturated heterocycles. The van der Waals surface area contributed by atoms with E-state index in [0.29, 0.717) is 28.1 Å². The van der Waals surface area contributed by atoms with E-state index in [2.05, 4.69) is 65.4 Å². The Balaban J connectivity index is 0.000000342. The molecule has 37 heavy (non-hydrogen) atoms. The second-order valence-corrected chi connectivity index (χ2v) is 11.3. The molecule has 1 aromatic heterocycles. The smallest absolute Gasteiger partial charge is 0.282 e. The van der Waals surface area contributed by atoms with Gasteiger partial charge in [-0.05, 0) is 109 Å². The summed E-state index contributed by atoms with van der Waals surface area (Å²) in [6.45, 7) is 14.4. The minimum atomic E-state index is -0.366. The molecule has 0 saturated carbocycles. The van der Waals surface area contributed by atoms with Gasteiger partial charge in [-0.1, -0.05) is 36.4 Å². The van der Waals surface area contributed by atoms with E-state index in [1.54, 1.807) is 12.2 Å². The van der Waals surface area contributed by atoms with Gasteiger partial charge in [0.05, 0.1) is 27.4 Å². The fourth-order valence-electron chi connectivity index (χ4n) is 5.71. The number of carbonyl (C=O) groups is 1. The summed E-state index contributed by atoms with van der Waals surface area (Å²) in [7, 11) is 2.19. The van der Waals surface area contributed by atoms with Gasteiger partial charge in [0.1, 0.15) is 12.1 Å². The average molecular weight is 523 g/mol. The van der Waals surface area contributed by atoms with Crippen LogP contribution in [0.2, 0.25) is 0 Å². The molecule has 198 valence electrons. The summed E-state index contributed by atoms with van der Waals surface area (Å²) >= 11 is 6.37. The van der Waals surface area contributed by atoms with Crippen LogP contribution >= 0.6 is 11.6 Å². The van der Waals surface area contributed by atoms with E-state index in [1.807, 2.05) is 6.92 Å². The number of nitrogens with one attached hydrogen (secondary N) is 1. The third kappa shape index (κ3) is 5.38. The molecular weight excluding hydrogens is 484 g/mol. The number of carbonyl (C=O) groups excluding carboxylic acids is 1. The van der Waals surface area contributed by atoms with Crippen molar-refractivity contribution in [1.82, 2.24) is 19.8 Å². The van der Waals surface area contributed by atoms with Crippen molar-refractivity contribution in [1.29, 1.82) is 0 Å².